The second-order valence-electron chi connectivity index (χ2n) is 4.61. The van der Waals surface area contributed by atoms with Gasteiger partial charge < -0.3 is 15.5 Å². The summed E-state index contributed by atoms with van der Waals surface area (Å²) in [4.78, 5) is 33.7. The zero-order valence-corrected chi connectivity index (χ0v) is 12.5. The zero-order chi connectivity index (χ0) is 16.9. The fourth-order valence-corrected chi connectivity index (χ4v) is 2.36. The lowest BCUT2D eigenvalue weighted by Crippen LogP contribution is -2.26. The minimum Gasteiger partial charge on any atom is -0.478 e. The highest BCUT2D eigenvalue weighted by Crippen LogP contribution is 2.13. The number of carboxylic acid groups (broad SMARTS) is 2. The third-order valence-corrected chi connectivity index (χ3v) is 3.75. The van der Waals surface area contributed by atoms with Crippen LogP contribution in [0.25, 0.3) is 0 Å². The summed E-state index contributed by atoms with van der Waals surface area (Å²) >= 11 is 0. The molecule has 0 unspecified atom stereocenters. The first-order chi connectivity index (χ1) is 10.1. The number of nitrogens with one attached hydrogen (secondary N) is 1. The van der Waals surface area contributed by atoms with Gasteiger partial charge in [0.2, 0.25) is 0 Å². The summed E-state index contributed by atoms with van der Waals surface area (Å²) < 4.78 is 21.9. The molecule has 22 heavy (non-hydrogen) atoms. The van der Waals surface area contributed by atoms with Crippen LogP contribution in [0.2, 0.25) is 0 Å². The molecule has 8 nitrogen and oxygen atoms in total. The van der Waals surface area contributed by atoms with E-state index in [4.69, 9.17) is 10.2 Å². The molecule has 0 saturated heterocycles. The second kappa shape index (κ2) is 7.03. The third-order valence-electron chi connectivity index (χ3n) is 2.72. The van der Waals surface area contributed by atoms with Crippen LogP contribution < -0.4 is 5.32 Å². The van der Waals surface area contributed by atoms with Crippen LogP contribution >= 0.6 is 0 Å². The summed E-state index contributed by atoms with van der Waals surface area (Å²) in [6, 6.07) is 3.21. The maximum Gasteiger partial charge on any atom is 0.336 e. The minimum atomic E-state index is -3.11. The van der Waals surface area contributed by atoms with Crippen LogP contribution in [0.5, 0.6) is 0 Å². The molecule has 0 aliphatic heterocycles. The molecule has 1 rings (SSSR count). The van der Waals surface area contributed by atoms with E-state index in [1.807, 2.05) is 0 Å². The number of carbonyl (C=O) groups is 3. The van der Waals surface area contributed by atoms with Crippen molar-refractivity contribution in [3.8, 4) is 0 Å². The topological polar surface area (TPSA) is 138 Å². The molecule has 0 spiro atoms. The van der Waals surface area contributed by atoms with Crippen LogP contribution in [0.3, 0.4) is 0 Å². The van der Waals surface area contributed by atoms with E-state index in [-0.39, 0.29) is 24.3 Å². The molecule has 3 N–H and O–H groups in total. The Morgan fingerprint density at radius 2 is 1.68 bits per heavy atom. The van der Waals surface area contributed by atoms with Gasteiger partial charge in [0.05, 0.1) is 16.9 Å². The summed E-state index contributed by atoms with van der Waals surface area (Å²) in [7, 11) is -3.11. The molecule has 0 aliphatic rings. The normalized spacial score (nSPS) is 11.0. The predicted octanol–water partition coefficient (Wildman–Crippen LogP) is 0.248. The van der Waals surface area contributed by atoms with Gasteiger partial charge in [-0.05, 0) is 24.6 Å². The van der Waals surface area contributed by atoms with Gasteiger partial charge in [-0.25, -0.2) is 18.0 Å². The summed E-state index contributed by atoms with van der Waals surface area (Å²) in [6.07, 6.45) is 1.31. The number of hydrogen-bond acceptors (Lipinski definition) is 5. The quantitative estimate of drug-likeness (QED) is 0.609. The maximum absolute atomic E-state index is 11.8. The average molecular weight is 329 g/mol. The molecule has 1 aromatic carbocycles. The monoisotopic (exact) mass is 329 g/mol. The Morgan fingerprint density at radius 3 is 2.18 bits per heavy atom. The Kier molecular flexibility index (Phi) is 5.63. The lowest BCUT2D eigenvalue weighted by Gasteiger charge is -2.07. The Balaban J connectivity index is 2.80. The van der Waals surface area contributed by atoms with E-state index in [0.29, 0.717) is 0 Å². The van der Waals surface area contributed by atoms with E-state index in [1.54, 1.807) is 0 Å². The molecule has 0 bridgehead atoms. The second-order valence-corrected chi connectivity index (χ2v) is 6.87. The van der Waals surface area contributed by atoms with Gasteiger partial charge in [0.15, 0.2) is 0 Å². The van der Waals surface area contributed by atoms with Crippen molar-refractivity contribution in [2.75, 3.05) is 18.6 Å². The molecule has 0 radical (unpaired) electrons. The Labute approximate surface area is 126 Å². The smallest absolute Gasteiger partial charge is 0.336 e. The molecule has 9 heteroatoms. The molecule has 0 atom stereocenters. The molecular formula is C13H15NO7S. The van der Waals surface area contributed by atoms with Crippen molar-refractivity contribution in [2.45, 2.75) is 6.42 Å². The standard InChI is InChI=1S/C13H15NO7S/c1-22(20,21)6-2-5-14-11(15)8-3-4-9(12(16)17)10(7-8)13(18)19/h3-4,7H,2,5-6H2,1H3,(H,14,15)(H,16,17)(H,18,19). The molecule has 0 aromatic heterocycles. The first-order valence-electron chi connectivity index (χ1n) is 6.18. The summed E-state index contributed by atoms with van der Waals surface area (Å²) in [6.45, 7) is 0.106. The van der Waals surface area contributed by atoms with E-state index in [1.165, 1.54) is 6.07 Å². The van der Waals surface area contributed by atoms with E-state index in [0.717, 1.165) is 18.4 Å². The van der Waals surface area contributed by atoms with Gasteiger partial charge in [0.1, 0.15) is 9.84 Å². The number of rotatable bonds is 7. The lowest BCUT2D eigenvalue weighted by molar-refractivity contribution is 0.0651. The van der Waals surface area contributed by atoms with Gasteiger partial charge in [0.25, 0.3) is 5.91 Å². The van der Waals surface area contributed by atoms with Crippen molar-refractivity contribution in [3.05, 3.63) is 34.9 Å². The molecule has 1 aromatic rings. The fourth-order valence-electron chi connectivity index (χ4n) is 1.69. The molecular weight excluding hydrogens is 314 g/mol. The number of aromatic carboxylic acids is 2. The van der Waals surface area contributed by atoms with Crippen molar-refractivity contribution in [3.63, 3.8) is 0 Å². The van der Waals surface area contributed by atoms with Crippen LogP contribution in [0, 0.1) is 0 Å². The molecule has 0 fully saturated rings. The highest BCUT2D eigenvalue weighted by Gasteiger charge is 2.18. The van der Waals surface area contributed by atoms with E-state index in [9.17, 15) is 22.8 Å². The first-order valence-corrected chi connectivity index (χ1v) is 8.24. The van der Waals surface area contributed by atoms with Gasteiger partial charge in [-0.15, -0.1) is 0 Å². The first kappa shape index (κ1) is 17.6. The largest absolute Gasteiger partial charge is 0.478 e. The van der Waals surface area contributed by atoms with Gasteiger partial charge in [-0.2, -0.15) is 0 Å². The van der Waals surface area contributed by atoms with Crippen LogP contribution in [-0.2, 0) is 9.84 Å². The van der Waals surface area contributed by atoms with Crippen molar-refractivity contribution in [1.82, 2.24) is 5.32 Å². The predicted molar refractivity (Wildman–Crippen MR) is 77.0 cm³/mol. The number of benzene rings is 1. The number of amides is 1. The fraction of sp³-hybridized carbons (Fsp3) is 0.308. The lowest BCUT2D eigenvalue weighted by atomic mass is 10.0. The van der Waals surface area contributed by atoms with Crippen LogP contribution in [-0.4, -0.2) is 55.0 Å². The minimum absolute atomic E-state index is 0.0123. The molecule has 0 heterocycles. The van der Waals surface area contributed by atoms with Gasteiger partial charge in [0, 0.05) is 18.4 Å². The molecule has 0 saturated carbocycles. The van der Waals surface area contributed by atoms with Crippen LogP contribution in [0.15, 0.2) is 18.2 Å². The third kappa shape index (κ3) is 5.17. The summed E-state index contributed by atoms with van der Waals surface area (Å²) in [5.74, 6) is -3.54. The molecule has 120 valence electrons. The number of sulfone groups is 1. The van der Waals surface area contributed by atoms with E-state index >= 15 is 0 Å². The highest BCUT2D eigenvalue weighted by molar-refractivity contribution is 7.90. The Morgan fingerprint density at radius 1 is 1.09 bits per heavy atom. The maximum atomic E-state index is 11.8. The SMILES string of the molecule is CS(=O)(=O)CCCNC(=O)c1ccc(C(=O)O)c(C(=O)O)c1. The number of hydrogen-bond donors (Lipinski definition) is 3. The summed E-state index contributed by atoms with van der Waals surface area (Å²) in [5, 5.41) is 20.3. The van der Waals surface area contributed by atoms with Gasteiger partial charge in [-0.3, -0.25) is 4.79 Å². The molecule has 1 amide bonds. The van der Waals surface area contributed by atoms with E-state index in [2.05, 4.69) is 5.32 Å². The van der Waals surface area contributed by atoms with Gasteiger partial charge >= 0.3 is 11.9 Å². The summed E-state index contributed by atoms with van der Waals surface area (Å²) in [5.41, 5.74) is -0.917. The van der Waals surface area contributed by atoms with Crippen molar-refractivity contribution in [1.29, 1.82) is 0 Å². The zero-order valence-electron chi connectivity index (χ0n) is 11.7. The van der Waals surface area contributed by atoms with Crippen LogP contribution in [0.1, 0.15) is 37.5 Å². The van der Waals surface area contributed by atoms with E-state index < -0.39 is 38.8 Å². The van der Waals surface area contributed by atoms with Crippen LogP contribution in [0.4, 0.5) is 0 Å². The highest BCUT2D eigenvalue weighted by atomic mass is 32.2. The number of carbonyl (C=O) groups excluding carboxylic acids is 1. The van der Waals surface area contributed by atoms with Crippen molar-refractivity contribution >= 4 is 27.7 Å². The Bertz CT molecular complexity index is 709. The number of carboxylic acids is 2. The van der Waals surface area contributed by atoms with Gasteiger partial charge in [-0.1, -0.05) is 0 Å². The van der Waals surface area contributed by atoms with Crippen molar-refractivity contribution < 1.29 is 33.0 Å². The molecule has 0 aliphatic carbocycles. The average Bonchev–Trinajstić information content (AvgIpc) is 2.41. The van der Waals surface area contributed by atoms with Crippen molar-refractivity contribution in [2.24, 2.45) is 0 Å². The Hall–Kier alpha value is -2.42.